The minimum absolute atomic E-state index is 0.0993. The Labute approximate surface area is 96.6 Å². The van der Waals surface area contributed by atoms with Crippen molar-refractivity contribution >= 4 is 23.0 Å². The smallest absolute Gasteiger partial charge is 0.293 e. The van der Waals surface area contributed by atoms with Crippen molar-refractivity contribution < 1.29 is 15.1 Å². The molecule has 3 N–H and O–H groups in total. The molecule has 0 aliphatic carbocycles. The zero-order chi connectivity index (χ0) is 12.1. The van der Waals surface area contributed by atoms with Gasteiger partial charge in [0.05, 0.1) is 29.2 Å². The summed E-state index contributed by atoms with van der Waals surface area (Å²) in [6.07, 6.45) is 0. The quantitative estimate of drug-likeness (QED) is 0.532. The second kappa shape index (κ2) is 5.64. The fourth-order valence-electron chi connectivity index (χ4n) is 1.16. The number of hydrogen-bond acceptors (Lipinski definition) is 5. The molecule has 0 atom stereocenters. The van der Waals surface area contributed by atoms with Gasteiger partial charge in [-0.05, 0) is 6.07 Å². The number of nitrogens with zero attached hydrogens (tertiary/aromatic N) is 1. The molecule has 0 fully saturated rings. The first-order chi connectivity index (χ1) is 7.60. The maximum atomic E-state index is 10.7. The number of nitro groups is 1. The van der Waals surface area contributed by atoms with Crippen molar-refractivity contribution in [2.45, 2.75) is 6.04 Å². The first-order valence-corrected chi connectivity index (χ1v) is 4.89. The van der Waals surface area contributed by atoms with Crippen LogP contribution in [0.3, 0.4) is 0 Å². The lowest BCUT2D eigenvalue weighted by atomic mass is 10.2. The molecule has 1 rings (SSSR count). The Bertz CT molecular complexity index is 382. The maximum absolute atomic E-state index is 10.7. The van der Waals surface area contributed by atoms with Gasteiger partial charge in [0.25, 0.3) is 5.69 Å². The van der Waals surface area contributed by atoms with Crippen LogP contribution in [0.15, 0.2) is 18.2 Å². The van der Waals surface area contributed by atoms with E-state index in [1.165, 1.54) is 18.2 Å². The Kier molecular flexibility index (Phi) is 4.48. The summed E-state index contributed by atoms with van der Waals surface area (Å²) < 4.78 is 0. The van der Waals surface area contributed by atoms with Gasteiger partial charge in [-0.1, -0.05) is 17.7 Å². The summed E-state index contributed by atoms with van der Waals surface area (Å²) in [5.74, 6) is 0. The van der Waals surface area contributed by atoms with Gasteiger partial charge in [0.2, 0.25) is 0 Å². The van der Waals surface area contributed by atoms with Gasteiger partial charge in [-0.3, -0.25) is 10.1 Å². The van der Waals surface area contributed by atoms with Gasteiger partial charge in [-0.2, -0.15) is 0 Å². The average molecular weight is 247 g/mol. The van der Waals surface area contributed by atoms with E-state index < -0.39 is 11.0 Å². The van der Waals surface area contributed by atoms with Gasteiger partial charge in [-0.15, -0.1) is 0 Å². The molecule has 0 spiro atoms. The van der Waals surface area contributed by atoms with Crippen molar-refractivity contribution in [3.8, 4) is 0 Å². The molecule has 1 aromatic rings. The van der Waals surface area contributed by atoms with Crippen LogP contribution in [0.2, 0.25) is 5.02 Å². The fraction of sp³-hybridized carbons (Fsp3) is 0.333. The highest BCUT2D eigenvalue weighted by Crippen LogP contribution is 2.32. The first-order valence-electron chi connectivity index (χ1n) is 4.51. The van der Waals surface area contributed by atoms with Crippen LogP contribution in [0, 0.1) is 10.1 Å². The van der Waals surface area contributed by atoms with Crippen LogP contribution in [-0.4, -0.2) is 34.4 Å². The van der Waals surface area contributed by atoms with Crippen LogP contribution in [0.4, 0.5) is 11.4 Å². The topological polar surface area (TPSA) is 95.6 Å². The van der Waals surface area contributed by atoms with Crippen molar-refractivity contribution in [3.63, 3.8) is 0 Å². The number of hydrogen-bond donors (Lipinski definition) is 3. The second-order valence-corrected chi connectivity index (χ2v) is 3.50. The first kappa shape index (κ1) is 12.7. The largest absolute Gasteiger partial charge is 0.394 e. The van der Waals surface area contributed by atoms with E-state index in [0.29, 0.717) is 0 Å². The van der Waals surface area contributed by atoms with E-state index in [1.54, 1.807) is 0 Å². The summed E-state index contributed by atoms with van der Waals surface area (Å²) >= 11 is 5.80. The zero-order valence-electron chi connectivity index (χ0n) is 8.26. The van der Waals surface area contributed by atoms with Crippen molar-refractivity contribution in [1.82, 2.24) is 0 Å². The van der Waals surface area contributed by atoms with Crippen molar-refractivity contribution in [2.75, 3.05) is 18.5 Å². The van der Waals surface area contributed by atoms with Crippen LogP contribution >= 0.6 is 11.6 Å². The lowest BCUT2D eigenvalue weighted by Crippen LogP contribution is -2.28. The van der Waals surface area contributed by atoms with Gasteiger partial charge in [0, 0.05) is 6.07 Å². The van der Waals surface area contributed by atoms with Gasteiger partial charge in [0.1, 0.15) is 5.69 Å². The molecule has 0 bridgehead atoms. The van der Waals surface area contributed by atoms with E-state index in [-0.39, 0.29) is 29.6 Å². The summed E-state index contributed by atoms with van der Waals surface area (Å²) in [5.41, 5.74) is -0.0957. The van der Waals surface area contributed by atoms with E-state index in [0.717, 1.165) is 0 Å². The van der Waals surface area contributed by atoms with Crippen molar-refractivity contribution in [2.24, 2.45) is 0 Å². The normalized spacial score (nSPS) is 10.5. The Morgan fingerprint density at radius 1 is 1.44 bits per heavy atom. The van der Waals surface area contributed by atoms with E-state index in [9.17, 15) is 10.1 Å². The third-order valence-corrected chi connectivity index (χ3v) is 2.29. The summed E-state index contributed by atoms with van der Waals surface area (Å²) in [6.45, 7) is -0.697. The summed E-state index contributed by atoms with van der Waals surface area (Å²) in [4.78, 5) is 10.1. The predicted molar refractivity (Wildman–Crippen MR) is 59.7 cm³/mol. The van der Waals surface area contributed by atoms with E-state index in [4.69, 9.17) is 21.8 Å². The minimum atomic E-state index is -0.682. The molecule has 0 unspecified atom stereocenters. The Balaban J connectivity index is 3.05. The molecule has 1 aromatic carbocycles. The SMILES string of the molecule is O=[N+]([O-])c1cccc(Cl)c1NC(CO)CO. The highest BCUT2D eigenvalue weighted by molar-refractivity contribution is 6.33. The number of nitro benzene ring substituents is 1. The number of aliphatic hydroxyl groups is 2. The average Bonchev–Trinajstić information content (AvgIpc) is 2.27. The molecule has 88 valence electrons. The number of benzene rings is 1. The van der Waals surface area contributed by atoms with E-state index >= 15 is 0 Å². The second-order valence-electron chi connectivity index (χ2n) is 3.10. The minimum Gasteiger partial charge on any atom is -0.394 e. The molecule has 7 heteroatoms. The Hall–Kier alpha value is -1.37. The van der Waals surface area contributed by atoms with Crippen molar-refractivity contribution in [3.05, 3.63) is 33.3 Å². The standard InChI is InChI=1S/C9H11ClN2O4/c10-7-2-1-3-8(12(15)16)9(7)11-6(4-13)5-14/h1-3,6,11,13-14H,4-5H2. The molecule has 0 amide bonds. The van der Waals surface area contributed by atoms with Crippen LogP contribution in [-0.2, 0) is 0 Å². The molecule has 6 nitrogen and oxygen atoms in total. The van der Waals surface area contributed by atoms with Gasteiger partial charge < -0.3 is 15.5 Å². The number of para-hydroxylation sites is 1. The third-order valence-electron chi connectivity index (χ3n) is 1.98. The number of anilines is 1. The van der Waals surface area contributed by atoms with Crippen molar-refractivity contribution in [1.29, 1.82) is 0 Å². The molecule has 0 heterocycles. The van der Waals surface area contributed by atoms with Crippen LogP contribution in [0.5, 0.6) is 0 Å². The third kappa shape index (κ3) is 2.82. The van der Waals surface area contributed by atoms with Gasteiger partial charge >= 0.3 is 0 Å². The highest BCUT2D eigenvalue weighted by Gasteiger charge is 2.19. The zero-order valence-corrected chi connectivity index (χ0v) is 9.02. The molecule has 16 heavy (non-hydrogen) atoms. The highest BCUT2D eigenvalue weighted by atomic mass is 35.5. The molecular formula is C9H11ClN2O4. The molecule has 0 aliphatic rings. The number of rotatable bonds is 5. The Morgan fingerprint density at radius 3 is 2.56 bits per heavy atom. The maximum Gasteiger partial charge on any atom is 0.293 e. The molecule has 0 aliphatic heterocycles. The lowest BCUT2D eigenvalue weighted by Gasteiger charge is -2.15. The molecular weight excluding hydrogens is 236 g/mol. The molecule has 0 aromatic heterocycles. The number of nitrogens with one attached hydrogen (secondary N) is 1. The van der Waals surface area contributed by atoms with E-state index in [2.05, 4.69) is 5.32 Å². The van der Waals surface area contributed by atoms with Crippen LogP contribution in [0.1, 0.15) is 0 Å². The lowest BCUT2D eigenvalue weighted by molar-refractivity contribution is -0.384. The van der Waals surface area contributed by atoms with E-state index in [1.807, 2.05) is 0 Å². The summed E-state index contributed by atoms with van der Waals surface area (Å²) in [7, 11) is 0. The molecule has 0 radical (unpaired) electrons. The Morgan fingerprint density at radius 2 is 2.06 bits per heavy atom. The summed E-state index contributed by atoms with van der Waals surface area (Å²) in [6, 6.07) is 3.56. The number of halogens is 1. The van der Waals surface area contributed by atoms with Crippen LogP contribution < -0.4 is 5.32 Å². The van der Waals surface area contributed by atoms with Crippen LogP contribution in [0.25, 0.3) is 0 Å². The summed E-state index contributed by atoms with van der Waals surface area (Å²) in [5, 5.41) is 31.2. The number of aliphatic hydroxyl groups excluding tert-OH is 2. The monoisotopic (exact) mass is 246 g/mol. The van der Waals surface area contributed by atoms with Gasteiger partial charge in [0.15, 0.2) is 0 Å². The molecule has 0 saturated heterocycles. The predicted octanol–water partition coefficient (Wildman–Crippen LogP) is 1.01. The molecule has 0 saturated carbocycles. The van der Waals surface area contributed by atoms with Gasteiger partial charge in [-0.25, -0.2) is 0 Å². The fourth-order valence-corrected chi connectivity index (χ4v) is 1.39.